The molecule has 0 aromatic rings. The first-order chi connectivity index (χ1) is 5.65. The van der Waals surface area contributed by atoms with Crippen LogP contribution in [0.1, 0.15) is 6.42 Å². The first kappa shape index (κ1) is 9.44. The summed E-state index contributed by atoms with van der Waals surface area (Å²) < 4.78 is 0.920. The minimum Gasteiger partial charge on any atom is -0.396 e. The summed E-state index contributed by atoms with van der Waals surface area (Å²) in [6, 6.07) is 0. The number of nitrogens with one attached hydrogen (secondary N) is 1. The number of nitrogens with two attached hydrogens (primary N) is 1. The predicted octanol–water partition coefficient (Wildman–Crippen LogP) is 0.0654. The van der Waals surface area contributed by atoms with Gasteiger partial charge in [-0.2, -0.15) is 0 Å². The highest BCUT2D eigenvalue weighted by atomic mass is 35.5. The van der Waals surface area contributed by atoms with Crippen LogP contribution in [0.2, 0.25) is 0 Å². The fraction of sp³-hybridized carbons (Fsp3) is 0.400. The standard InChI is InChI=1S/C5H8Cl2N4O/c6-5-4(8)3(1-2-12)9-11(7)10-5/h9,12H,1-2,8H2. The van der Waals surface area contributed by atoms with E-state index in [9.17, 15) is 0 Å². The Morgan fingerprint density at radius 2 is 2.33 bits per heavy atom. The van der Waals surface area contributed by atoms with Crippen LogP contribution in [0.3, 0.4) is 0 Å². The van der Waals surface area contributed by atoms with Crippen molar-refractivity contribution in [1.29, 1.82) is 0 Å². The lowest BCUT2D eigenvalue weighted by Gasteiger charge is -2.21. The van der Waals surface area contributed by atoms with Gasteiger partial charge in [0.15, 0.2) is 5.17 Å². The van der Waals surface area contributed by atoms with Crippen LogP contribution in [-0.4, -0.2) is 21.5 Å². The monoisotopic (exact) mass is 210 g/mol. The maximum atomic E-state index is 8.63. The van der Waals surface area contributed by atoms with E-state index in [1.807, 2.05) is 0 Å². The van der Waals surface area contributed by atoms with E-state index < -0.39 is 0 Å². The Bertz CT molecular complexity index is 240. The molecule has 0 fully saturated rings. The number of aliphatic hydroxyl groups excluding tert-OH is 1. The highest BCUT2D eigenvalue weighted by Gasteiger charge is 2.15. The van der Waals surface area contributed by atoms with Gasteiger partial charge >= 0.3 is 0 Å². The molecule has 0 aromatic carbocycles. The summed E-state index contributed by atoms with van der Waals surface area (Å²) in [6.45, 7) is -0.0298. The normalized spacial score (nSPS) is 17.6. The van der Waals surface area contributed by atoms with Gasteiger partial charge < -0.3 is 10.8 Å². The first-order valence-electron chi connectivity index (χ1n) is 3.21. The molecule has 1 aliphatic rings. The van der Waals surface area contributed by atoms with Crippen LogP contribution >= 0.6 is 23.4 Å². The largest absolute Gasteiger partial charge is 0.396 e. The van der Waals surface area contributed by atoms with Crippen molar-refractivity contribution in [2.45, 2.75) is 6.42 Å². The third kappa shape index (κ3) is 1.94. The van der Waals surface area contributed by atoms with E-state index in [4.69, 9.17) is 34.2 Å². The zero-order valence-corrected chi connectivity index (χ0v) is 7.60. The smallest absolute Gasteiger partial charge is 0.177 e. The minimum atomic E-state index is -0.0298. The average Bonchev–Trinajstić information content (AvgIpc) is 2.00. The molecular weight excluding hydrogens is 203 g/mol. The third-order valence-electron chi connectivity index (χ3n) is 1.31. The Kier molecular flexibility index (Phi) is 3.02. The number of aliphatic hydroxyl groups is 1. The fourth-order valence-corrected chi connectivity index (χ4v) is 1.16. The Hall–Kier alpha value is -0.650. The molecule has 0 spiro atoms. The maximum Gasteiger partial charge on any atom is 0.177 e. The van der Waals surface area contributed by atoms with E-state index in [0.717, 1.165) is 4.64 Å². The summed E-state index contributed by atoms with van der Waals surface area (Å²) in [5.74, 6) is 0. The van der Waals surface area contributed by atoms with E-state index >= 15 is 0 Å². The van der Waals surface area contributed by atoms with Crippen molar-refractivity contribution in [3.63, 3.8) is 0 Å². The van der Waals surface area contributed by atoms with Gasteiger partial charge in [-0.3, -0.25) is 5.43 Å². The molecule has 0 saturated heterocycles. The summed E-state index contributed by atoms with van der Waals surface area (Å²) in [5, 5.41) is 12.4. The number of hydrogen-bond acceptors (Lipinski definition) is 5. The number of allylic oxidation sites excluding steroid dienone is 1. The molecule has 0 unspecified atom stereocenters. The van der Waals surface area contributed by atoms with Crippen LogP contribution in [0.15, 0.2) is 16.5 Å². The molecule has 1 heterocycles. The van der Waals surface area contributed by atoms with Gasteiger partial charge in [-0.25, -0.2) is 0 Å². The molecule has 0 aliphatic carbocycles. The molecule has 5 nitrogen and oxygen atoms in total. The number of hydrazine groups is 1. The molecule has 1 rings (SSSR count). The van der Waals surface area contributed by atoms with E-state index in [1.165, 1.54) is 0 Å². The number of hydrazone groups is 1. The molecule has 68 valence electrons. The van der Waals surface area contributed by atoms with E-state index in [1.54, 1.807) is 0 Å². The summed E-state index contributed by atoms with van der Waals surface area (Å²) in [6.07, 6.45) is 0.362. The van der Waals surface area contributed by atoms with Crippen LogP contribution < -0.4 is 11.2 Å². The SMILES string of the molecule is NC1=C(CCO)NN(Cl)N=C1Cl. The van der Waals surface area contributed by atoms with Gasteiger partial charge in [-0.1, -0.05) is 11.6 Å². The van der Waals surface area contributed by atoms with Gasteiger partial charge in [0, 0.05) is 13.0 Å². The predicted molar refractivity (Wildman–Crippen MR) is 47.0 cm³/mol. The van der Waals surface area contributed by atoms with Crippen molar-refractivity contribution >= 4 is 28.5 Å². The quantitative estimate of drug-likeness (QED) is 0.565. The molecule has 1 aliphatic heterocycles. The molecule has 0 aromatic heterocycles. The third-order valence-corrected chi connectivity index (χ3v) is 1.75. The molecule has 4 N–H and O–H groups in total. The Morgan fingerprint density at radius 3 is 2.92 bits per heavy atom. The van der Waals surface area contributed by atoms with Gasteiger partial charge in [0.1, 0.15) is 0 Å². The average molecular weight is 211 g/mol. The van der Waals surface area contributed by atoms with Gasteiger partial charge in [-0.15, -0.1) is 9.74 Å². The van der Waals surface area contributed by atoms with Gasteiger partial charge in [0.05, 0.1) is 23.2 Å². The van der Waals surface area contributed by atoms with Crippen LogP contribution in [-0.2, 0) is 0 Å². The van der Waals surface area contributed by atoms with Crippen LogP contribution in [0.5, 0.6) is 0 Å². The molecular formula is C5H8Cl2N4O. The van der Waals surface area contributed by atoms with Crippen LogP contribution in [0, 0.1) is 0 Å². The summed E-state index contributed by atoms with van der Waals surface area (Å²) in [4.78, 5) is 0. The summed E-state index contributed by atoms with van der Waals surface area (Å²) in [7, 11) is 0. The number of rotatable bonds is 2. The Morgan fingerprint density at radius 1 is 1.67 bits per heavy atom. The van der Waals surface area contributed by atoms with Gasteiger partial charge in [0.25, 0.3) is 0 Å². The van der Waals surface area contributed by atoms with E-state index in [-0.39, 0.29) is 11.8 Å². The topological polar surface area (TPSA) is 73.9 Å². The Balaban J connectivity index is 2.81. The van der Waals surface area contributed by atoms with Crippen molar-refractivity contribution in [3.05, 3.63) is 11.4 Å². The highest BCUT2D eigenvalue weighted by Crippen LogP contribution is 2.13. The van der Waals surface area contributed by atoms with Crippen molar-refractivity contribution in [1.82, 2.24) is 10.1 Å². The zero-order valence-electron chi connectivity index (χ0n) is 6.09. The molecule has 7 heteroatoms. The highest BCUT2D eigenvalue weighted by molar-refractivity contribution is 6.69. The van der Waals surface area contributed by atoms with Crippen molar-refractivity contribution in [3.8, 4) is 0 Å². The second-order valence-corrected chi connectivity index (χ2v) is 2.81. The molecule has 0 radical (unpaired) electrons. The van der Waals surface area contributed by atoms with Gasteiger partial charge in [-0.05, 0) is 0 Å². The van der Waals surface area contributed by atoms with Crippen LogP contribution in [0.4, 0.5) is 0 Å². The van der Waals surface area contributed by atoms with Crippen molar-refractivity contribution in [2.24, 2.45) is 10.8 Å². The lowest BCUT2D eigenvalue weighted by atomic mass is 10.2. The Labute approximate surface area is 79.5 Å². The lowest BCUT2D eigenvalue weighted by Crippen LogP contribution is -2.34. The summed E-state index contributed by atoms with van der Waals surface area (Å²) in [5.41, 5.74) is 9.02. The number of nitrogens with zero attached hydrogens (tertiary/aromatic N) is 2. The number of halogens is 2. The second-order valence-electron chi connectivity index (χ2n) is 2.13. The van der Waals surface area contributed by atoms with Crippen molar-refractivity contribution in [2.75, 3.05) is 6.61 Å². The van der Waals surface area contributed by atoms with E-state index in [0.29, 0.717) is 17.8 Å². The van der Waals surface area contributed by atoms with Crippen molar-refractivity contribution < 1.29 is 5.11 Å². The molecule has 0 bridgehead atoms. The van der Waals surface area contributed by atoms with Crippen LogP contribution in [0.25, 0.3) is 0 Å². The van der Waals surface area contributed by atoms with E-state index in [2.05, 4.69) is 10.5 Å². The number of hydrogen-bond donors (Lipinski definition) is 3. The first-order valence-corrected chi connectivity index (χ1v) is 3.93. The molecule has 0 atom stereocenters. The zero-order chi connectivity index (χ0) is 9.14. The summed E-state index contributed by atoms with van der Waals surface area (Å²) >= 11 is 11.1. The molecule has 12 heavy (non-hydrogen) atoms. The minimum absolute atomic E-state index is 0.0298. The lowest BCUT2D eigenvalue weighted by molar-refractivity contribution is 0.284. The fourth-order valence-electron chi connectivity index (χ4n) is 0.754. The van der Waals surface area contributed by atoms with Gasteiger partial charge in [0.2, 0.25) is 0 Å². The molecule has 0 saturated carbocycles. The maximum absolute atomic E-state index is 8.63. The second kappa shape index (κ2) is 3.84. The molecule has 0 amide bonds.